The molecule has 0 saturated carbocycles. The number of aryl methyl sites for hydroxylation is 1. The van der Waals surface area contributed by atoms with E-state index < -0.39 is 5.97 Å². The van der Waals surface area contributed by atoms with Crippen molar-refractivity contribution < 1.29 is 23.9 Å². The van der Waals surface area contributed by atoms with E-state index in [1.807, 2.05) is 31.2 Å². The Kier molecular flexibility index (Phi) is 7.18. The number of ether oxygens (including phenoxy) is 1. The van der Waals surface area contributed by atoms with Crippen molar-refractivity contribution in [2.75, 3.05) is 13.2 Å². The zero-order valence-electron chi connectivity index (χ0n) is 17.7. The van der Waals surface area contributed by atoms with Crippen LogP contribution in [0.5, 0.6) is 0 Å². The Morgan fingerprint density at radius 2 is 1.61 bits per heavy atom. The molecular formula is C24H26N2O5. The van der Waals surface area contributed by atoms with Crippen LogP contribution in [0.1, 0.15) is 64.6 Å². The molecule has 0 bridgehead atoms. The Balaban J connectivity index is 1.38. The van der Waals surface area contributed by atoms with Gasteiger partial charge in [0, 0.05) is 13.0 Å². The van der Waals surface area contributed by atoms with Crippen molar-refractivity contribution in [3.8, 4) is 0 Å². The van der Waals surface area contributed by atoms with Gasteiger partial charge < -0.3 is 10.1 Å². The summed E-state index contributed by atoms with van der Waals surface area (Å²) in [5.41, 5.74) is 2.95. The largest absolute Gasteiger partial charge is 0.456 e. The molecule has 1 N–H and O–H groups in total. The average molecular weight is 422 g/mol. The molecule has 1 aliphatic heterocycles. The summed E-state index contributed by atoms with van der Waals surface area (Å²) in [5.74, 6) is -1.64. The third-order valence-corrected chi connectivity index (χ3v) is 5.27. The predicted octanol–water partition coefficient (Wildman–Crippen LogP) is 3.05. The van der Waals surface area contributed by atoms with E-state index in [9.17, 15) is 19.2 Å². The van der Waals surface area contributed by atoms with Gasteiger partial charge in [-0.3, -0.25) is 24.1 Å². The van der Waals surface area contributed by atoms with Crippen LogP contribution >= 0.6 is 0 Å². The topological polar surface area (TPSA) is 92.8 Å². The summed E-state index contributed by atoms with van der Waals surface area (Å²) in [6.45, 7) is 3.69. The minimum atomic E-state index is -0.549. The second-order valence-electron chi connectivity index (χ2n) is 7.46. The summed E-state index contributed by atoms with van der Waals surface area (Å²) in [7, 11) is 0. The Morgan fingerprint density at radius 1 is 1.00 bits per heavy atom. The lowest BCUT2D eigenvalue weighted by Crippen LogP contribution is -2.32. The molecule has 0 saturated heterocycles. The van der Waals surface area contributed by atoms with E-state index in [0.717, 1.165) is 16.9 Å². The van der Waals surface area contributed by atoms with Crippen LogP contribution in [-0.4, -0.2) is 41.7 Å². The number of carbonyl (C=O) groups is 4. The van der Waals surface area contributed by atoms with Crippen molar-refractivity contribution in [2.45, 2.75) is 39.2 Å². The van der Waals surface area contributed by atoms with E-state index in [1.54, 1.807) is 24.3 Å². The van der Waals surface area contributed by atoms with Gasteiger partial charge in [0.25, 0.3) is 17.7 Å². The first kappa shape index (κ1) is 22.2. The van der Waals surface area contributed by atoms with Crippen LogP contribution in [0.4, 0.5) is 0 Å². The Bertz CT molecular complexity index is 949. The minimum Gasteiger partial charge on any atom is -0.456 e. The number of imide groups is 1. The van der Waals surface area contributed by atoms with Gasteiger partial charge in [-0.1, -0.05) is 43.3 Å². The Labute approximate surface area is 181 Å². The third-order valence-electron chi connectivity index (χ3n) is 5.27. The molecule has 31 heavy (non-hydrogen) atoms. The summed E-state index contributed by atoms with van der Waals surface area (Å²) in [5, 5.41) is 2.80. The molecule has 162 valence electrons. The lowest BCUT2D eigenvalue weighted by atomic mass is 10.1. The van der Waals surface area contributed by atoms with Gasteiger partial charge in [-0.2, -0.15) is 0 Å². The molecule has 1 heterocycles. The van der Waals surface area contributed by atoms with Crippen molar-refractivity contribution in [2.24, 2.45) is 0 Å². The van der Waals surface area contributed by atoms with Crippen molar-refractivity contribution in [1.29, 1.82) is 0 Å². The smallest absolute Gasteiger partial charge is 0.306 e. The minimum absolute atomic E-state index is 0.00865. The molecule has 1 aliphatic rings. The molecule has 0 unspecified atom stereocenters. The number of nitrogens with one attached hydrogen (secondary N) is 1. The first-order chi connectivity index (χ1) is 14.9. The summed E-state index contributed by atoms with van der Waals surface area (Å²) in [6, 6.07) is 14.4. The molecule has 3 rings (SSSR count). The number of carbonyl (C=O) groups excluding carboxylic acids is 4. The van der Waals surface area contributed by atoms with Gasteiger partial charge in [0.05, 0.1) is 17.2 Å². The van der Waals surface area contributed by atoms with Crippen LogP contribution in [0.2, 0.25) is 0 Å². The number of rotatable bonds is 9. The van der Waals surface area contributed by atoms with Crippen LogP contribution in [0.15, 0.2) is 48.5 Å². The van der Waals surface area contributed by atoms with Crippen LogP contribution in [0, 0.1) is 0 Å². The molecule has 0 aromatic heterocycles. The second kappa shape index (κ2) is 10.0. The number of nitrogens with zero attached hydrogens (tertiary/aromatic N) is 1. The lowest BCUT2D eigenvalue weighted by molar-refractivity contribution is -0.148. The number of benzene rings is 2. The molecule has 0 fully saturated rings. The van der Waals surface area contributed by atoms with Crippen molar-refractivity contribution in [1.82, 2.24) is 10.2 Å². The maximum Gasteiger partial charge on any atom is 0.306 e. The molecule has 2 aromatic carbocycles. The molecule has 2 aromatic rings. The Hall–Kier alpha value is -3.48. The fourth-order valence-electron chi connectivity index (χ4n) is 3.45. The number of amides is 3. The number of esters is 1. The molecule has 0 radical (unpaired) electrons. The lowest BCUT2D eigenvalue weighted by Gasteiger charge is -2.15. The third kappa shape index (κ3) is 5.36. The zero-order valence-corrected chi connectivity index (χ0v) is 17.7. The molecule has 7 nitrogen and oxygen atoms in total. The van der Waals surface area contributed by atoms with E-state index in [-0.39, 0.29) is 49.8 Å². The van der Waals surface area contributed by atoms with Crippen LogP contribution in [-0.2, 0) is 20.7 Å². The van der Waals surface area contributed by atoms with Gasteiger partial charge in [-0.25, -0.2) is 0 Å². The second-order valence-corrected chi connectivity index (χ2v) is 7.46. The summed E-state index contributed by atoms with van der Waals surface area (Å²) in [4.78, 5) is 49.7. The van der Waals surface area contributed by atoms with E-state index in [4.69, 9.17) is 4.74 Å². The number of hydrogen-bond donors (Lipinski definition) is 1. The first-order valence-corrected chi connectivity index (χ1v) is 10.4. The fraction of sp³-hybridized carbons (Fsp3) is 0.333. The molecule has 7 heteroatoms. The highest BCUT2D eigenvalue weighted by Crippen LogP contribution is 2.22. The maximum absolute atomic E-state index is 12.3. The van der Waals surface area contributed by atoms with Gasteiger partial charge >= 0.3 is 5.97 Å². The molecule has 0 aliphatic carbocycles. The monoisotopic (exact) mass is 422 g/mol. The van der Waals surface area contributed by atoms with E-state index in [2.05, 4.69) is 12.2 Å². The quantitative estimate of drug-likeness (QED) is 0.495. The first-order valence-electron chi connectivity index (χ1n) is 10.4. The normalized spacial score (nSPS) is 13.7. The van der Waals surface area contributed by atoms with E-state index in [1.165, 1.54) is 5.56 Å². The van der Waals surface area contributed by atoms with Gasteiger partial charge in [-0.15, -0.1) is 0 Å². The van der Waals surface area contributed by atoms with Crippen molar-refractivity contribution >= 4 is 23.7 Å². The van der Waals surface area contributed by atoms with Crippen molar-refractivity contribution in [3.63, 3.8) is 0 Å². The molecular weight excluding hydrogens is 396 g/mol. The van der Waals surface area contributed by atoms with Gasteiger partial charge in [0.15, 0.2) is 6.61 Å². The zero-order chi connectivity index (χ0) is 22.4. The highest BCUT2D eigenvalue weighted by molar-refractivity contribution is 6.21. The summed E-state index contributed by atoms with van der Waals surface area (Å²) < 4.78 is 5.02. The highest BCUT2D eigenvalue weighted by Gasteiger charge is 2.34. The van der Waals surface area contributed by atoms with Crippen LogP contribution < -0.4 is 5.32 Å². The summed E-state index contributed by atoms with van der Waals surface area (Å²) >= 11 is 0. The molecule has 0 spiro atoms. The van der Waals surface area contributed by atoms with E-state index >= 15 is 0 Å². The summed E-state index contributed by atoms with van der Waals surface area (Å²) in [6.07, 6.45) is 1.23. The van der Waals surface area contributed by atoms with Gasteiger partial charge in [-0.05, 0) is 43.0 Å². The molecule has 1 atom stereocenters. The number of fused-ring (bicyclic) bond motifs is 1. The number of hydrogen-bond acceptors (Lipinski definition) is 5. The SMILES string of the molecule is CCc1ccc([C@H](C)NC(=O)COC(=O)CCCN2C(=O)c3ccccc3C2=O)cc1. The van der Waals surface area contributed by atoms with Gasteiger partial charge in [0.2, 0.25) is 0 Å². The maximum atomic E-state index is 12.3. The van der Waals surface area contributed by atoms with Crippen LogP contribution in [0.25, 0.3) is 0 Å². The van der Waals surface area contributed by atoms with E-state index in [0.29, 0.717) is 11.1 Å². The fourth-order valence-corrected chi connectivity index (χ4v) is 3.45. The molecule has 3 amide bonds. The van der Waals surface area contributed by atoms with Crippen LogP contribution in [0.3, 0.4) is 0 Å². The van der Waals surface area contributed by atoms with Gasteiger partial charge in [0.1, 0.15) is 0 Å². The average Bonchev–Trinajstić information content (AvgIpc) is 3.02. The Morgan fingerprint density at radius 3 is 2.19 bits per heavy atom. The standard InChI is InChI=1S/C24H26N2O5/c1-3-17-10-12-18(13-11-17)16(2)25-21(27)15-31-22(28)9-6-14-26-23(29)19-7-4-5-8-20(19)24(26)30/h4-5,7-8,10-13,16H,3,6,9,14-15H2,1-2H3,(H,25,27)/t16-/m0/s1. The van der Waals surface area contributed by atoms with Crippen molar-refractivity contribution in [3.05, 3.63) is 70.8 Å². The highest BCUT2D eigenvalue weighted by atomic mass is 16.5. The predicted molar refractivity (Wildman–Crippen MR) is 114 cm³/mol.